The summed E-state index contributed by atoms with van der Waals surface area (Å²) in [6.07, 6.45) is 0.511. The summed E-state index contributed by atoms with van der Waals surface area (Å²) >= 11 is 0. The summed E-state index contributed by atoms with van der Waals surface area (Å²) in [5, 5.41) is 9.31. The van der Waals surface area contributed by atoms with Crippen LogP contribution in [0.4, 0.5) is 0 Å². The smallest absolute Gasteiger partial charge is 0.341 e. The van der Waals surface area contributed by atoms with Crippen molar-refractivity contribution in [3.8, 4) is 28.4 Å². The van der Waals surface area contributed by atoms with Crippen molar-refractivity contribution in [3.63, 3.8) is 0 Å². The number of rotatable bonds is 10. The van der Waals surface area contributed by atoms with Crippen LogP contribution in [0.25, 0.3) is 11.1 Å². The summed E-state index contributed by atoms with van der Waals surface area (Å²) in [5.41, 5.74) is 3.55. The minimum absolute atomic E-state index is 0.0443. The number of ether oxygens (including phenoxy) is 3. The number of para-hydroxylation sites is 1. The molecule has 0 amide bonds. The largest absolute Gasteiger partial charge is 0.482 e. The molecular weight excluding hydrogens is 602 g/mol. The van der Waals surface area contributed by atoms with Crippen LogP contribution >= 0.6 is 0 Å². The standard InChI is InChI=1S/C37H37NO7S/c1-25(2)32-21-28-23-38(46(41,42)31-16-13-27(14-17-31)26-9-5-3-6-10-26)20-19-34(28)45-37(32)33-22-30(44-29-11-7-4-8-12-29)15-18-35(33)43-24-36(39)40/h3-18,22,28,32,34,37H,1,19-21,23-24H2,2H3,(H,39,40)/t28-,32+,34-,37-/m1/s1. The first-order chi connectivity index (χ1) is 22.2. The van der Waals surface area contributed by atoms with E-state index in [-0.39, 0.29) is 22.8 Å². The maximum absolute atomic E-state index is 13.8. The molecule has 0 saturated carbocycles. The molecule has 9 heteroatoms. The molecule has 0 unspecified atom stereocenters. The van der Waals surface area contributed by atoms with Gasteiger partial charge in [-0.1, -0.05) is 72.8 Å². The predicted molar refractivity (Wildman–Crippen MR) is 175 cm³/mol. The van der Waals surface area contributed by atoms with Crippen molar-refractivity contribution in [2.45, 2.75) is 36.9 Å². The molecule has 8 nitrogen and oxygen atoms in total. The van der Waals surface area contributed by atoms with E-state index < -0.39 is 28.7 Å². The highest BCUT2D eigenvalue weighted by Crippen LogP contribution is 2.48. The summed E-state index contributed by atoms with van der Waals surface area (Å²) < 4.78 is 47.7. The number of aliphatic carboxylic acids is 1. The third-order valence-corrected chi connectivity index (χ3v) is 10.6. The summed E-state index contributed by atoms with van der Waals surface area (Å²) in [6, 6.07) is 31.6. The van der Waals surface area contributed by atoms with Gasteiger partial charge in [0, 0.05) is 24.6 Å². The lowest BCUT2D eigenvalue weighted by Gasteiger charge is -2.47. The first kappa shape index (κ1) is 31.5. The second-order valence-corrected chi connectivity index (χ2v) is 13.8. The highest BCUT2D eigenvalue weighted by atomic mass is 32.2. The highest BCUT2D eigenvalue weighted by Gasteiger charge is 2.45. The molecule has 2 heterocycles. The minimum Gasteiger partial charge on any atom is -0.482 e. The van der Waals surface area contributed by atoms with Gasteiger partial charge < -0.3 is 19.3 Å². The van der Waals surface area contributed by atoms with Gasteiger partial charge in [0.1, 0.15) is 17.2 Å². The molecule has 0 aromatic heterocycles. The van der Waals surface area contributed by atoms with Crippen molar-refractivity contribution in [1.29, 1.82) is 0 Å². The summed E-state index contributed by atoms with van der Waals surface area (Å²) in [6.45, 7) is 6.36. The van der Waals surface area contributed by atoms with Gasteiger partial charge in [0.05, 0.1) is 17.1 Å². The van der Waals surface area contributed by atoms with E-state index in [4.69, 9.17) is 14.2 Å². The fraction of sp³-hybridized carbons (Fsp3) is 0.270. The molecule has 0 radical (unpaired) electrons. The van der Waals surface area contributed by atoms with Crippen LogP contribution in [-0.4, -0.2) is 49.6 Å². The average molecular weight is 640 g/mol. The number of piperidine rings is 1. The van der Waals surface area contributed by atoms with Crippen molar-refractivity contribution in [2.75, 3.05) is 19.7 Å². The number of hydrogen-bond donors (Lipinski definition) is 1. The molecule has 2 fully saturated rings. The quantitative estimate of drug-likeness (QED) is 0.181. The molecule has 6 rings (SSSR count). The Bertz CT molecular complexity index is 1790. The van der Waals surface area contributed by atoms with Gasteiger partial charge in [0.15, 0.2) is 6.61 Å². The monoisotopic (exact) mass is 639 g/mol. The van der Waals surface area contributed by atoms with Crippen molar-refractivity contribution in [3.05, 3.63) is 121 Å². The second kappa shape index (κ2) is 13.5. The minimum atomic E-state index is -3.71. The van der Waals surface area contributed by atoms with Gasteiger partial charge >= 0.3 is 5.97 Å². The Balaban J connectivity index is 1.23. The van der Waals surface area contributed by atoms with Gasteiger partial charge in [-0.05, 0) is 79.3 Å². The van der Waals surface area contributed by atoms with Crippen LogP contribution < -0.4 is 9.47 Å². The molecule has 2 aliphatic heterocycles. The molecular formula is C37H37NO7S. The number of nitrogens with zero attached hydrogens (tertiary/aromatic N) is 1. The summed E-state index contributed by atoms with van der Waals surface area (Å²) in [7, 11) is -3.71. The first-order valence-corrected chi connectivity index (χ1v) is 16.8. The lowest BCUT2D eigenvalue weighted by Crippen LogP contribution is -2.50. The Morgan fingerprint density at radius 1 is 0.935 bits per heavy atom. The van der Waals surface area contributed by atoms with Crippen molar-refractivity contribution >= 4 is 16.0 Å². The number of hydrogen-bond acceptors (Lipinski definition) is 6. The number of carbonyl (C=O) groups is 1. The van der Waals surface area contributed by atoms with E-state index in [2.05, 4.69) is 6.58 Å². The van der Waals surface area contributed by atoms with Crippen LogP contribution in [0, 0.1) is 11.8 Å². The van der Waals surface area contributed by atoms with E-state index in [0.29, 0.717) is 48.7 Å². The normalized spacial score (nSPS) is 21.6. The van der Waals surface area contributed by atoms with Gasteiger partial charge in [-0.2, -0.15) is 4.31 Å². The molecule has 2 aliphatic rings. The molecule has 1 N–H and O–H groups in total. The molecule has 0 bridgehead atoms. The molecule has 0 spiro atoms. The van der Waals surface area contributed by atoms with Crippen LogP contribution in [-0.2, 0) is 19.6 Å². The third-order valence-electron chi connectivity index (χ3n) is 8.72. The van der Waals surface area contributed by atoms with Gasteiger partial charge in [-0.3, -0.25) is 0 Å². The molecule has 4 atom stereocenters. The average Bonchev–Trinajstić information content (AvgIpc) is 3.07. The van der Waals surface area contributed by atoms with E-state index in [9.17, 15) is 18.3 Å². The fourth-order valence-electron chi connectivity index (χ4n) is 6.39. The number of carboxylic acids is 1. The Morgan fingerprint density at radius 3 is 2.28 bits per heavy atom. The Labute approximate surface area is 269 Å². The lowest BCUT2D eigenvalue weighted by molar-refractivity contribution is -0.139. The maximum atomic E-state index is 13.8. The first-order valence-electron chi connectivity index (χ1n) is 15.4. The summed E-state index contributed by atoms with van der Waals surface area (Å²) in [5.74, 6) is 0.341. The van der Waals surface area contributed by atoms with Crippen LogP contribution in [0.3, 0.4) is 0 Å². The van der Waals surface area contributed by atoms with Crippen LogP contribution in [0.15, 0.2) is 120 Å². The summed E-state index contributed by atoms with van der Waals surface area (Å²) in [4.78, 5) is 11.6. The van der Waals surface area contributed by atoms with E-state index in [1.54, 1.807) is 28.6 Å². The number of sulfonamides is 1. The topological polar surface area (TPSA) is 102 Å². The van der Waals surface area contributed by atoms with E-state index in [1.807, 2.05) is 85.8 Å². The molecule has 2 saturated heterocycles. The molecule has 4 aromatic rings. The fourth-order valence-corrected chi connectivity index (χ4v) is 7.90. The van der Waals surface area contributed by atoms with E-state index in [1.165, 1.54) is 0 Å². The van der Waals surface area contributed by atoms with Crippen molar-refractivity contribution < 1.29 is 32.5 Å². The van der Waals surface area contributed by atoms with E-state index >= 15 is 0 Å². The zero-order chi connectivity index (χ0) is 32.3. The molecule has 0 aliphatic carbocycles. The van der Waals surface area contributed by atoms with Crippen LogP contribution in [0.1, 0.15) is 31.4 Å². The predicted octanol–water partition coefficient (Wildman–Crippen LogP) is 7.34. The van der Waals surface area contributed by atoms with Gasteiger partial charge in [0.2, 0.25) is 10.0 Å². The van der Waals surface area contributed by atoms with Gasteiger partial charge in [0.25, 0.3) is 0 Å². The van der Waals surface area contributed by atoms with Crippen LogP contribution in [0.2, 0.25) is 0 Å². The highest BCUT2D eigenvalue weighted by molar-refractivity contribution is 7.89. The molecule has 4 aromatic carbocycles. The lowest BCUT2D eigenvalue weighted by atomic mass is 9.76. The Kier molecular flexibility index (Phi) is 9.26. The zero-order valence-corrected chi connectivity index (χ0v) is 26.4. The second-order valence-electron chi connectivity index (χ2n) is 11.9. The SMILES string of the molecule is C=C(C)[C@@H]1C[C@@H]2CN(S(=O)(=O)c3ccc(-c4ccccc4)cc3)CC[C@H]2O[C@H]1c1cc(Oc2ccccc2)ccc1OCC(=O)O. The van der Waals surface area contributed by atoms with Gasteiger partial charge in [-0.25, -0.2) is 13.2 Å². The number of fused-ring (bicyclic) bond motifs is 1. The number of benzene rings is 4. The zero-order valence-electron chi connectivity index (χ0n) is 25.6. The Morgan fingerprint density at radius 2 is 1.61 bits per heavy atom. The third kappa shape index (κ3) is 6.87. The maximum Gasteiger partial charge on any atom is 0.341 e. The van der Waals surface area contributed by atoms with Gasteiger partial charge in [-0.15, -0.1) is 0 Å². The van der Waals surface area contributed by atoms with Crippen molar-refractivity contribution in [2.24, 2.45) is 11.8 Å². The van der Waals surface area contributed by atoms with E-state index in [0.717, 1.165) is 16.7 Å². The molecule has 46 heavy (non-hydrogen) atoms. The number of carboxylic acid groups (broad SMARTS) is 1. The van der Waals surface area contributed by atoms with Crippen LogP contribution in [0.5, 0.6) is 17.2 Å². The molecule has 238 valence electrons. The Hall–Kier alpha value is -4.44. The van der Waals surface area contributed by atoms with Crippen molar-refractivity contribution in [1.82, 2.24) is 4.31 Å².